The topological polar surface area (TPSA) is 84.9 Å². The van der Waals surface area contributed by atoms with Crippen molar-refractivity contribution in [3.8, 4) is 11.5 Å². The number of carbonyl (C=O) groups is 3. The number of ether oxygens (including phenoxy) is 2. The maximum Gasteiger partial charge on any atom is 0.335 e. The van der Waals surface area contributed by atoms with Crippen LogP contribution in [0.25, 0.3) is 6.08 Å². The van der Waals surface area contributed by atoms with Gasteiger partial charge in [0.1, 0.15) is 12.2 Å². The summed E-state index contributed by atoms with van der Waals surface area (Å²) in [5, 5.41) is 3.11. The van der Waals surface area contributed by atoms with Gasteiger partial charge in [0, 0.05) is 0 Å². The van der Waals surface area contributed by atoms with E-state index in [2.05, 4.69) is 5.32 Å². The summed E-state index contributed by atoms with van der Waals surface area (Å²) in [6.07, 6.45) is 2.22. The highest BCUT2D eigenvalue weighted by atomic mass is 35.5. The molecule has 4 amide bonds. The predicted molar refractivity (Wildman–Crippen MR) is 139 cm³/mol. The first-order valence-electron chi connectivity index (χ1n) is 11.1. The molecule has 1 N–H and O–H groups in total. The molecule has 1 heterocycles. The Kier molecular flexibility index (Phi) is 7.62. The SMILES string of the molecule is CCc1ccc(N2C(=O)NC(=O)/C(=C/c3ccc(OCc4ccc(Cl)c(Cl)c4)c(OC)c3)C2=O)cc1. The summed E-state index contributed by atoms with van der Waals surface area (Å²) < 4.78 is 11.3. The van der Waals surface area contributed by atoms with Crippen LogP contribution < -0.4 is 19.7 Å². The number of aryl methyl sites for hydroxylation is 1. The van der Waals surface area contributed by atoms with E-state index in [1.165, 1.54) is 13.2 Å². The molecular weight excluding hydrogens is 503 g/mol. The molecule has 36 heavy (non-hydrogen) atoms. The van der Waals surface area contributed by atoms with Crippen molar-refractivity contribution in [2.75, 3.05) is 12.0 Å². The van der Waals surface area contributed by atoms with Crippen LogP contribution >= 0.6 is 23.2 Å². The van der Waals surface area contributed by atoms with E-state index in [1.807, 2.05) is 19.1 Å². The fraction of sp³-hybridized carbons (Fsp3) is 0.148. The first-order chi connectivity index (χ1) is 17.3. The van der Waals surface area contributed by atoms with Crippen LogP contribution in [-0.2, 0) is 22.6 Å². The number of hydrogen-bond donors (Lipinski definition) is 1. The smallest absolute Gasteiger partial charge is 0.335 e. The zero-order valence-electron chi connectivity index (χ0n) is 19.5. The third-order valence-electron chi connectivity index (χ3n) is 5.58. The molecule has 0 aromatic heterocycles. The zero-order chi connectivity index (χ0) is 25.8. The Bertz CT molecular complexity index is 1370. The fourth-order valence-electron chi connectivity index (χ4n) is 3.62. The van der Waals surface area contributed by atoms with E-state index in [4.69, 9.17) is 32.7 Å². The van der Waals surface area contributed by atoms with Gasteiger partial charge in [-0.1, -0.05) is 54.4 Å². The quantitative estimate of drug-likeness (QED) is 0.311. The molecule has 1 aliphatic rings. The predicted octanol–water partition coefficient (Wildman–Crippen LogP) is 5.81. The summed E-state index contributed by atoms with van der Waals surface area (Å²) in [6, 6.07) is 16.4. The van der Waals surface area contributed by atoms with Crippen LogP contribution in [0.4, 0.5) is 10.5 Å². The summed E-state index contributed by atoms with van der Waals surface area (Å²) >= 11 is 12.0. The molecule has 1 saturated heterocycles. The van der Waals surface area contributed by atoms with Crippen LogP contribution in [-0.4, -0.2) is 25.0 Å². The van der Waals surface area contributed by atoms with Crippen molar-refractivity contribution in [2.45, 2.75) is 20.0 Å². The average Bonchev–Trinajstić information content (AvgIpc) is 2.87. The van der Waals surface area contributed by atoms with E-state index in [1.54, 1.807) is 48.5 Å². The van der Waals surface area contributed by atoms with Crippen molar-refractivity contribution in [1.29, 1.82) is 0 Å². The van der Waals surface area contributed by atoms with Gasteiger partial charge in [-0.25, -0.2) is 9.69 Å². The average molecular weight is 525 g/mol. The Hall–Kier alpha value is -3.81. The van der Waals surface area contributed by atoms with Crippen LogP contribution in [0.5, 0.6) is 11.5 Å². The monoisotopic (exact) mass is 524 g/mol. The Morgan fingerprint density at radius 2 is 1.61 bits per heavy atom. The van der Waals surface area contributed by atoms with Gasteiger partial charge < -0.3 is 9.47 Å². The molecule has 0 saturated carbocycles. The molecule has 0 bridgehead atoms. The number of methoxy groups -OCH3 is 1. The van der Waals surface area contributed by atoms with Crippen molar-refractivity contribution in [2.24, 2.45) is 0 Å². The molecule has 4 rings (SSSR count). The number of benzene rings is 3. The number of nitrogens with zero attached hydrogens (tertiary/aromatic N) is 1. The number of barbiturate groups is 1. The van der Waals surface area contributed by atoms with Crippen molar-refractivity contribution < 1.29 is 23.9 Å². The Morgan fingerprint density at radius 3 is 2.28 bits per heavy atom. The van der Waals surface area contributed by atoms with E-state index in [9.17, 15) is 14.4 Å². The highest BCUT2D eigenvalue weighted by Gasteiger charge is 2.36. The van der Waals surface area contributed by atoms with Crippen molar-refractivity contribution >= 4 is 52.8 Å². The molecule has 3 aromatic rings. The minimum absolute atomic E-state index is 0.180. The number of imide groups is 2. The zero-order valence-corrected chi connectivity index (χ0v) is 21.0. The van der Waals surface area contributed by atoms with E-state index >= 15 is 0 Å². The second kappa shape index (κ2) is 10.8. The van der Waals surface area contributed by atoms with E-state index in [-0.39, 0.29) is 12.2 Å². The molecule has 0 aliphatic carbocycles. The number of urea groups is 1. The highest BCUT2D eigenvalue weighted by Crippen LogP contribution is 2.31. The summed E-state index contributed by atoms with van der Waals surface area (Å²) in [5.41, 5.74) is 2.59. The van der Waals surface area contributed by atoms with Gasteiger partial charge in [0.15, 0.2) is 11.5 Å². The lowest BCUT2D eigenvalue weighted by Crippen LogP contribution is -2.54. The molecule has 0 spiro atoms. The van der Waals surface area contributed by atoms with Crippen molar-refractivity contribution in [1.82, 2.24) is 5.32 Å². The minimum atomic E-state index is -0.796. The van der Waals surface area contributed by atoms with E-state index in [0.717, 1.165) is 22.4 Å². The van der Waals surface area contributed by atoms with Gasteiger partial charge in [-0.05, 0) is 65.6 Å². The maximum atomic E-state index is 13.1. The summed E-state index contributed by atoms with van der Waals surface area (Å²) in [6.45, 7) is 2.23. The van der Waals surface area contributed by atoms with Crippen LogP contribution in [0.1, 0.15) is 23.6 Å². The van der Waals surface area contributed by atoms with Gasteiger partial charge in [-0.2, -0.15) is 0 Å². The number of halogens is 2. The molecule has 9 heteroatoms. The lowest BCUT2D eigenvalue weighted by atomic mass is 10.1. The molecule has 0 unspecified atom stereocenters. The van der Waals surface area contributed by atoms with Crippen LogP contribution in [0.3, 0.4) is 0 Å². The molecule has 184 valence electrons. The number of carbonyl (C=O) groups excluding carboxylic acids is 3. The number of amides is 4. The lowest BCUT2D eigenvalue weighted by molar-refractivity contribution is -0.122. The van der Waals surface area contributed by atoms with Gasteiger partial charge in [0.2, 0.25) is 0 Å². The molecule has 0 atom stereocenters. The van der Waals surface area contributed by atoms with Crippen LogP contribution in [0, 0.1) is 0 Å². The molecule has 3 aromatic carbocycles. The molecule has 1 fully saturated rings. The molecule has 7 nitrogen and oxygen atoms in total. The second-order valence-corrected chi connectivity index (χ2v) is 8.74. The van der Waals surface area contributed by atoms with Crippen LogP contribution in [0.2, 0.25) is 10.0 Å². The Labute approximate surface area is 218 Å². The third kappa shape index (κ3) is 5.37. The van der Waals surface area contributed by atoms with Gasteiger partial charge in [-0.15, -0.1) is 0 Å². The fourth-order valence-corrected chi connectivity index (χ4v) is 3.94. The first-order valence-corrected chi connectivity index (χ1v) is 11.8. The van der Waals surface area contributed by atoms with Crippen LogP contribution in [0.15, 0.2) is 66.2 Å². The number of anilines is 1. The summed E-state index contributed by atoms with van der Waals surface area (Å²) in [7, 11) is 1.48. The Balaban J connectivity index is 1.57. The first kappa shape index (κ1) is 25.3. The van der Waals surface area contributed by atoms with Gasteiger partial charge >= 0.3 is 6.03 Å². The van der Waals surface area contributed by atoms with Crippen molar-refractivity contribution in [3.05, 3.63) is 93.0 Å². The standard InChI is InChI=1S/C27H22Cl2N2O5/c1-3-16-4-8-19(9-5-16)31-26(33)20(25(32)30-27(31)34)12-17-7-11-23(24(14-17)35-2)36-15-18-6-10-21(28)22(29)13-18/h4-14H,3,15H2,1-2H3,(H,30,32,34)/b20-12-. The normalized spacial score (nSPS) is 14.7. The lowest BCUT2D eigenvalue weighted by Gasteiger charge is -2.26. The number of rotatable bonds is 7. The maximum absolute atomic E-state index is 13.1. The third-order valence-corrected chi connectivity index (χ3v) is 6.32. The Morgan fingerprint density at radius 1 is 0.889 bits per heavy atom. The number of hydrogen-bond acceptors (Lipinski definition) is 5. The van der Waals surface area contributed by atoms with Gasteiger partial charge in [0.25, 0.3) is 11.8 Å². The summed E-state index contributed by atoms with van der Waals surface area (Å²) in [5.74, 6) is -0.633. The number of nitrogens with one attached hydrogen (secondary N) is 1. The minimum Gasteiger partial charge on any atom is -0.493 e. The highest BCUT2D eigenvalue weighted by molar-refractivity contribution is 6.42. The van der Waals surface area contributed by atoms with Gasteiger partial charge in [-0.3, -0.25) is 14.9 Å². The van der Waals surface area contributed by atoms with Crippen molar-refractivity contribution in [3.63, 3.8) is 0 Å². The molecule has 0 radical (unpaired) electrons. The molecular formula is C27H22Cl2N2O5. The van der Waals surface area contributed by atoms with Gasteiger partial charge in [0.05, 0.1) is 22.8 Å². The van der Waals surface area contributed by atoms with E-state index < -0.39 is 17.8 Å². The largest absolute Gasteiger partial charge is 0.493 e. The summed E-state index contributed by atoms with van der Waals surface area (Å²) in [4.78, 5) is 39.0. The second-order valence-electron chi connectivity index (χ2n) is 7.93. The van der Waals surface area contributed by atoms with E-state index in [0.29, 0.717) is 32.8 Å². The molecule has 1 aliphatic heterocycles.